The van der Waals surface area contributed by atoms with Crippen LogP contribution in [0, 0.1) is 0 Å². The van der Waals surface area contributed by atoms with Gasteiger partial charge in [-0.2, -0.15) is 0 Å². The van der Waals surface area contributed by atoms with Gasteiger partial charge in [0.25, 0.3) is 5.91 Å². The average molecular weight is 464 g/mol. The van der Waals surface area contributed by atoms with Crippen molar-refractivity contribution in [3.63, 3.8) is 0 Å². The highest BCUT2D eigenvalue weighted by Gasteiger charge is 2.34. The van der Waals surface area contributed by atoms with Crippen LogP contribution in [-0.4, -0.2) is 41.2 Å². The second-order valence-corrected chi connectivity index (χ2v) is 8.93. The summed E-state index contributed by atoms with van der Waals surface area (Å²) in [5.74, 6) is -0.810. The van der Waals surface area contributed by atoms with Crippen LogP contribution in [0.2, 0.25) is 5.02 Å². The molecule has 1 atom stereocenters. The molecule has 0 bridgehead atoms. The van der Waals surface area contributed by atoms with Crippen molar-refractivity contribution in [2.24, 2.45) is 0 Å². The van der Waals surface area contributed by atoms with Crippen molar-refractivity contribution in [2.75, 3.05) is 11.4 Å². The topological polar surface area (TPSA) is 69.7 Å². The van der Waals surface area contributed by atoms with E-state index in [2.05, 4.69) is 5.32 Å². The Bertz CT molecular complexity index is 1240. The van der Waals surface area contributed by atoms with E-state index in [0.717, 1.165) is 16.3 Å². The molecule has 0 radical (unpaired) electrons. The minimum Gasteiger partial charge on any atom is -0.352 e. The van der Waals surface area contributed by atoms with E-state index in [1.54, 1.807) is 19.1 Å². The van der Waals surface area contributed by atoms with Gasteiger partial charge >= 0.3 is 0 Å². The third-order valence-electron chi connectivity index (χ3n) is 5.84. The molecule has 1 unspecified atom stereocenters. The van der Waals surface area contributed by atoms with Crippen molar-refractivity contribution < 1.29 is 14.4 Å². The fraction of sp³-hybridized carbons (Fsp3) is 0.269. The first-order valence-electron chi connectivity index (χ1n) is 10.9. The summed E-state index contributed by atoms with van der Waals surface area (Å²) in [6.45, 7) is 5.41. The van der Waals surface area contributed by atoms with E-state index in [0.29, 0.717) is 16.3 Å². The van der Waals surface area contributed by atoms with E-state index in [9.17, 15) is 14.4 Å². The van der Waals surface area contributed by atoms with Crippen LogP contribution in [-0.2, 0) is 16.1 Å². The van der Waals surface area contributed by atoms with Crippen LogP contribution in [0.4, 0.5) is 5.69 Å². The molecule has 0 spiro atoms. The van der Waals surface area contributed by atoms with Gasteiger partial charge < -0.3 is 10.2 Å². The second kappa shape index (κ2) is 9.24. The summed E-state index contributed by atoms with van der Waals surface area (Å²) in [6, 6.07) is 17.6. The summed E-state index contributed by atoms with van der Waals surface area (Å²) >= 11 is 6.35. The Morgan fingerprint density at radius 3 is 2.39 bits per heavy atom. The minimum atomic E-state index is -0.743. The zero-order valence-corrected chi connectivity index (χ0v) is 19.6. The van der Waals surface area contributed by atoms with Gasteiger partial charge in [-0.05, 0) is 49.9 Å². The van der Waals surface area contributed by atoms with Crippen molar-refractivity contribution in [2.45, 2.75) is 39.4 Å². The average Bonchev–Trinajstić information content (AvgIpc) is 3.05. The van der Waals surface area contributed by atoms with Crippen LogP contribution in [0.3, 0.4) is 0 Å². The van der Waals surface area contributed by atoms with E-state index in [-0.39, 0.29) is 36.9 Å². The fourth-order valence-electron chi connectivity index (χ4n) is 4.16. The Balaban J connectivity index is 1.64. The quantitative estimate of drug-likeness (QED) is 0.564. The predicted molar refractivity (Wildman–Crippen MR) is 130 cm³/mol. The number of rotatable bonds is 7. The van der Waals surface area contributed by atoms with Crippen molar-refractivity contribution in [1.82, 2.24) is 10.2 Å². The molecule has 4 rings (SSSR count). The van der Waals surface area contributed by atoms with E-state index < -0.39 is 6.04 Å². The van der Waals surface area contributed by atoms with Gasteiger partial charge in [-0.15, -0.1) is 0 Å². The van der Waals surface area contributed by atoms with Crippen LogP contribution in [0.1, 0.15) is 36.7 Å². The van der Waals surface area contributed by atoms with Crippen molar-refractivity contribution in [3.05, 3.63) is 76.8 Å². The maximum absolute atomic E-state index is 13.6. The first kappa shape index (κ1) is 22.8. The van der Waals surface area contributed by atoms with Crippen molar-refractivity contribution in [3.8, 4) is 0 Å². The van der Waals surface area contributed by atoms with Gasteiger partial charge in [0.15, 0.2) is 0 Å². The highest BCUT2D eigenvalue weighted by Crippen LogP contribution is 2.37. The number of nitrogens with one attached hydrogen (secondary N) is 1. The SMILES string of the molecule is CC(C)NC(=O)C(C)N(Cc1ccccc1Cl)C(=O)CN1C(=O)c2cccc3cccc1c23. The van der Waals surface area contributed by atoms with Crippen molar-refractivity contribution in [1.29, 1.82) is 0 Å². The lowest BCUT2D eigenvalue weighted by atomic mass is 10.1. The molecule has 6 nitrogen and oxygen atoms in total. The van der Waals surface area contributed by atoms with Gasteiger partial charge in [-0.25, -0.2) is 0 Å². The summed E-state index contributed by atoms with van der Waals surface area (Å²) in [5.41, 5.74) is 2.02. The highest BCUT2D eigenvalue weighted by atomic mass is 35.5. The van der Waals surface area contributed by atoms with E-state index in [1.807, 2.05) is 62.4 Å². The number of hydrogen-bond donors (Lipinski definition) is 1. The summed E-state index contributed by atoms with van der Waals surface area (Å²) in [5, 5.41) is 5.18. The van der Waals surface area contributed by atoms with Gasteiger partial charge in [0.05, 0.1) is 5.69 Å². The first-order chi connectivity index (χ1) is 15.8. The number of benzene rings is 3. The molecule has 170 valence electrons. The molecule has 0 aromatic heterocycles. The maximum atomic E-state index is 13.6. The smallest absolute Gasteiger partial charge is 0.259 e. The number of hydrogen-bond acceptors (Lipinski definition) is 3. The molecule has 33 heavy (non-hydrogen) atoms. The molecule has 1 N–H and O–H groups in total. The van der Waals surface area contributed by atoms with Crippen LogP contribution < -0.4 is 10.2 Å². The lowest BCUT2D eigenvalue weighted by Crippen LogP contribution is -2.51. The number of nitrogens with zero attached hydrogens (tertiary/aromatic N) is 2. The Morgan fingerprint density at radius 1 is 1.00 bits per heavy atom. The third kappa shape index (κ3) is 4.44. The number of anilines is 1. The molecule has 3 aromatic rings. The predicted octanol–water partition coefficient (Wildman–Crippen LogP) is 4.40. The molecule has 0 saturated heterocycles. The van der Waals surface area contributed by atoms with Gasteiger partial charge in [-0.3, -0.25) is 19.3 Å². The number of carbonyl (C=O) groups excluding carboxylic acids is 3. The number of amides is 3. The Morgan fingerprint density at radius 2 is 1.70 bits per heavy atom. The number of carbonyl (C=O) groups is 3. The Hall–Kier alpha value is -3.38. The second-order valence-electron chi connectivity index (χ2n) is 8.52. The Kier molecular flexibility index (Phi) is 6.38. The van der Waals surface area contributed by atoms with E-state index in [4.69, 9.17) is 11.6 Å². The number of halogens is 1. The van der Waals surface area contributed by atoms with Crippen molar-refractivity contribution >= 4 is 45.8 Å². The largest absolute Gasteiger partial charge is 0.352 e. The standard InChI is InChI=1S/C26H26ClN3O3/c1-16(2)28-25(32)17(3)29(14-19-8-4-5-12-21(19)27)23(31)15-30-22-13-7-10-18-9-6-11-20(24(18)22)26(30)33/h4-13,16-17H,14-15H2,1-3H3,(H,28,32). The monoisotopic (exact) mass is 463 g/mol. The summed E-state index contributed by atoms with van der Waals surface area (Å²) in [7, 11) is 0. The van der Waals surface area contributed by atoms with Crippen LogP contribution in [0.15, 0.2) is 60.7 Å². The molecule has 0 aliphatic carbocycles. The van der Waals surface area contributed by atoms with E-state index >= 15 is 0 Å². The lowest BCUT2D eigenvalue weighted by Gasteiger charge is -2.31. The molecule has 3 aromatic carbocycles. The molecule has 0 fully saturated rings. The summed E-state index contributed by atoms with van der Waals surface area (Å²) in [6.07, 6.45) is 0. The van der Waals surface area contributed by atoms with Gasteiger partial charge in [-0.1, -0.05) is 54.1 Å². The van der Waals surface area contributed by atoms with Gasteiger partial charge in [0.1, 0.15) is 12.6 Å². The molecular weight excluding hydrogens is 438 g/mol. The molecule has 1 aliphatic rings. The molecule has 7 heteroatoms. The minimum absolute atomic E-state index is 0.0653. The Labute approximate surface area is 198 Å². The van der Waals surface area contributed by atoms with Crippen LogP contribution in [0.25, 0.3) is 10.8 Å². The van der Waals surface area contributed by atoms with Gasteiger partial charge in [0.2, 0.25) is 11.8 Å². The molecular formula is C26H26ClN3O3. The normalized spacial score (nSPS) is 13.5. The van der Waals surface area contributed by atoms with Crippen LogP contribution >= 0.6 is 11.6 Å². The van der Waals surface area contributed by atoms with Crippen LogP contribution in [0.5, 0.6) is 0 Å². The molecule has 3 amide bonds. The third-order valence-corrected chi connectivity index (χ3v) is 6.21. The molecule has 1 heterocycles. The molecule has 0 saturated carbocycles. The molecule has 1 aliphatic heterocycles. The maximum Gasteiger partial charge on any atom is 0.259 e. The van der Waals surface area contributed by atoms with E-state index in [1.165, 1.54) is 9.80 Å². The highest BCUT2D eigenvalue weighted by molar-refractivity contribution is 6.31. The fourth-order valence-corrected chi connectivity index (χ4v) is 4.36. The first-order valence-corrected chi connectivity index (χ1v) is 11.3. The lowest BCUT2D eigenvalue weighted by molar-refractivity contribution is -0.139. The van der Waals surface area contributed by atoms with Gasteiger partial charge in [0, 0.05) is 28.6 Å². The zero-order chi connectivity index (χ0) is 23.7. The zero-order valence-electron chi connectivity index (χ0n) is 18.8. The summed E-state index contributed by atoms with van der Waals surface area (Å²) < 4.78 is 0. The summed E-state index contributed by atoms with van der Waals surface area (Å²) in [4.78, 5) is 42.5.